The van der Waals surface area contributed by atoms with E-state index in [9.17, 15) is 22.4 Å². The zero-order valence-corrected chi connectivity index (χ0v) is 10.3. The second-order valence-electron chi connectivity index (χ2n) is 3.76. The lowest BCUT2D eigenvalue weighted by molar-refractivity contribution is -0.253. The van der Waals surface area contributed by atoms with E-state index in [1.54, 1.807) is 0 Å². The molecular formula is C11H9F4NO2S. The van der Waals surface area contributed by atoms with Gasteiger partial charge in [-0.1, -0.05) is 6.07 Å². The highest BCUT2D eigenvalue weighted by atomic mass is 32.2. The SMILES string of the molecule is O=C1CSCN1c1cccc(OC(F)(F)C(F)F)c1. The van der Waals surface area contributed by atoms with Crippen LogP contribution in [-0.4, -0.2) is 30.1 Å². The van der Waals surface area contributed by atoms with Gasteiger partial charge in [-0.15, -0.1) is 11.8 Å². The Kier molecular flexibility index (Phi) is 3.88. The normalized spacial score (nSPS) is 16.3. The molecule has 1 heterocycles. The maximum absolute atomic E-state index is 12.8. The lowest BCUT2D eigenvalue weighted by Gasteiger charge is -2.19. The van der Waals surface area contributed by atoms with E-state index in [0.29, 0.717) is 17.3 Å². The monoisotopic (exact) mass is 295 g/mol. The summed E-state index contributed by atoms with van der Waals surface area (Å²) in [7, 11) is 0. The zero-order chi connectivity index (χ0) is 14.0. The summed E-state index contributed by atoms with van der Waals surface area (Å²) in [6.07, 6.45) is -8.47. The minimum atomic E-state index is -4.55. The first kappa shape index (κ1) is 14.0. The highest BCUT2D eigenvalue weighted by molar-refractivity contribution is 8.00. The number of hydrogen-bond acceptors (Lipinski definition) is 3. The Morgan fingerprint density at radius 2 is 2.11 bits per heavy atom. The summed E-state index contributed by atoms with van der Waals surface area (Å²) in [5.74, 6) is 0.126. The Hall–Kier alpha value is -1.44. The van der Waals surface area contributed by atoms with Crippen molar-refractivity contribution in [3.8, 4) is 5.75 Å². The van der Waals surface area contributed by atoms with Crippen molar-refractivity contribution in [2.75, 3.05) is 16.5 Å². The average Bonchev–Trinajstić information content (AvgIpc) is 2.75. The van der Waals surface area contributed by atoms with E-state index in [0.717, 1.165) is 12.1 Å². The maximum atomic E-state index is 12.8. The number of halogens is 4. The standard InChI is InChI=1S/C11H9F4NO2S/c12-10(13)11(14,15)18-8-3-1-2-7(4-8)16-6-19-5-9(16)17/h1-4,10H,5-6H2. The molecule has 1 aliphatic heterocycles. The molecule has 1 saturated heterocycles. The Morgan fingerprint density at radius 1 is 1.37 bits per heavy atom. The molecule has 104 valence electrons. The van der Waals surface area contributed by atoms with Crippen LogP contribution in [-0.2, 0) is 4.79 Å². The quantitative estimate of drug-likeness (QED) is 0.800. The Bertz CT molecular complexity index is 484. The van der Waals surface area contributed by atoms with Gasteiger partial charge in [-0.2, -0.15) is 17.6 Å². The molecule has 1 aliphatic rings. The third-order valence-electron chi connectivity index (χ3n) is 2.38. The van der Waals surface area contributed by atoms with E-state index in [1.165, 1.54) is 28.8 Å². The summed E-state index contributed by atoms with van der Waals surface area (Å²) in [5.41, 5.74) is 0.345. The number of hydrogen-bond donors (Lipinski definition) is 0. The summed E-state index contributed by atoms with van der Waals surface area (Å²) in [5, 5.41) is 0. The fraction of sp³-hybridized carbons (Fsp3) is 0.364. The molecule has 0 spiro atoms. The molecule has 2 rings (SSSR count). The lowest BCUT2D eigenvalue weighted by atomic mass is 10.3. The molecule has 0 atom stereocenters. The van der Waals surface area contributed by atoms with Crippen molar-refractivity contribution in [1.29, 1.82) is 0 Å². The zero-order valence-electron chi connectivity index (χ0n) is 9.48. The van der Waals surface area contributed by atoms with Gasteiger partial charge in [-0.25, -0.2) is 0 Å². The van der Waals surface area contributed by atoms with Crippen LogP contribution in [0.3, 0.4) is 0 Å². The van der Waals surface area contributed by atoms with Gasteiger partial charge in [-0.05, 0) is 12.1 Å². The Balaban J connectivity index is 2.18. The number of ether oxygens (including phenoxy) is 1. The van der Waals surface area contributed by atoms with Gasteiger partial charge in [0.05, 0.1) is 11.6 Å². The molecule has 8 heteroatoms. The molecule has 0 aromatic heterocycles. The maximum Gasteiger partial charge on any atom is 0.461 e. The molecule has 0 radical (unpaired) electrons. The molecule has 1 aromatic rings. The highest BCUT2D eigenvalue weighted by Gasteiger charge is 2.44. The second kappa shape index (κ2) is 5.28. The van der Waals surface area contributed by atoms with Gasteiger partial charge in [-0.3, -0.25) is 4.79 Å². The van der Waals surface area contributed by atoms with Crippen molar-refractivity contribution in [3.63, 3.8) is 0 Å². The fourth-order valence-electron chi connectivity index (χ4n) is 1.51. The van der Waals surface area contributed by atoms with Gasteiger partial charge in [0.1, 0.15) is 5.75 Å². The van der Waals surface area contributed by atoms with Crippen LogP contribution in [0.25, 0.3) is 0 Å². The lowest BCUT2D eigenvalue weighted by Crippen LogP contribution is -2.33. The smallest absolute Gasteiger partial charge is 0.428 e. The Morgan fingerprint density at radius 3 is 2.68 bits per heavy atom. The van der Waals surface area contributed by atoms with E-state index in [2.05, 4.69) is 4.74 Å². The number of rotatable bonds is 4. The van der Waals surface area contributed by atoms with Crippen molar-refractivity contribution in [3.05, 3.63) is 24.3 Å². The summed E-state index contributed by atoms with van der Waals surface area (Å²) in [6, 6.07) is 5.16. The molecule has 0 bridgehead atoms. The van der Waals surface area contributed by atoms with E-state index < -0.39 is 18.3 Å². The number of benzene rings is 1. The van der Waals surface area contributed by atoms with Crippen LogP contribution in [0.2, 0.25) is 0 Å². The molecule has 0 aliphatic carbocycles. The van der Waals surface area contributed by atoms with E-state index in [-0.39, 0.29) is 5.91 Å². The first-order valence-electron chi connectivity index (χ1n) is 5.23. The van der Waals surface area contributed by atoms with Gasteiger partial charge in [0.15, 0.2) is 0 Å². The van der Waals surface area contributed by atoms with E-state index in [1.807, 2.05) is 0 Å². The second-order valence-corrected chi connectivity index (χ2v) is 4.72. The van der Waals surface area contributed by atoms with E-state index >= 15 is 0 Å². The van der Waals surface area contributed by atoms with Crippen molar-refractivity contribution < 1.29 is 27.1 Å². The molecule has 19 heavy (non-hydrogen) atoms. The van der Waals surface area contributed by atoms with Crippen LogP contribution < -0.4 is 9.64 Å². The summed E-state index contributed by atoms with van der Waals surface area (Å²) in [6.45, 7) is 0. The van der Waals surface area contributed by atoms with Gasteiger partial charge in [0.25, 0.3) is 0 Å². The average molecular weight is 295 g/mol. The molecule has 0 N–H and O–H groups in total. The summed E-state index contributed by atoms with van der Waals surface area (Å²) in [4.78, 5) is 12.8. The molecule has 1 amide bonds. The topological polar surface area (TPSA) is 29.5 Å². The predicted molar refractivity (Wildman–Crippen MR) is 62.8 cm³/mol. The van der Waals surface area contributed by atoms with Crippen LogP contribution >= 0.6 is 11.8 Å². The molecule has 1 aromatic carbocycles. The minimum Gasteiger partial charge on any atom is -0.428 e. The molecule has 1 fully saturated rings. The van der Waals surface area contributed by atoms with Crippen LogP contribution in [0.15, 0.2) is 24.3 Å². The number of anilines is 1. The number of nitrogens with zero attached hydrogens (tertiary/aromatic N) is 1. The highest BCUT2D eigenvalue weighted by Crippen LogP contribution is 2.31. The van der Waals surface area contributed by atoms with Gasteiger partial charge >= 0.3 is 12.5 Å². The summed E-state index contributed by atoms with van der Waals surface area (Å²) < 4.78 is 53.5. The number of amides is 1. The third kappa shape index (κ3) is 3.12. The van der Waals surface area contributed by atoms with Crippen LogP contribution in [0, 0.1) is 0 Å². The third-order valence-corrected chi connectivity index (χ3v) is 3.28. The number of carbonyl (C=O) groups excluding carboxylic acids is 1. The van der Waals surface area contributed by atoms with Crippen LogP contribution in [0.1, 0.15) is 0 Å². The van der Waals surface area contributed by atoms with Crippen molar-refractivity contribution >= 4 is 23.4 Å². The van der Waals surface area contributed by atoms with Gasteiger partial charge < -0.3 is 9.64 Å². The minimum absolute atomic E-state index is 0.164. The first-order valence-corrected chi connectivity index (χ1v) is 6.39. The fourth-order valence-corrected chi connectivity index (χ4v) is 2.41. The molecule has 3 nitrogen and oxygen atoms in total. The molecular weight excluding hydrogens is 286 g/mol. The summed E-state index contributed by atoms with van der Waals surface area (Å²) >= 11 is 1.38. The van der Waals surface area contributed by atoms with Crippen molar-refractivity contribution in [2.24, 2.45) is 0 Å². The van der Waals surface area contributed by atoms with Crippen molar-refractivity contribution in [1.82, 2.24) is 0 Å². The molecule has 0 saturated carbocycles. The van der Waals surface area contributed by atoms with E-state index in [4.69, 9.17) is 0 Å². The van der Waals surface area contributed by atoms with Crippen molar-refractivity contribution in [2.45, 2.75) is 12.5 Å². The largest absolute Gasteiger partial charge is 0.461 e. The van der Waals surface area contributed by atoms with Gasteiger partial charge in [0, 0.05) is 11.8 Å². The number of thioether (sulfide) groups is 1. The van der Waals surface area contributed by atoms with Crippen LogP contribution in [0.4, 0.5) is 23.2 Å². The van der Waals surface area contributed by atoms with Gasteiger partial charge in [0.2, 0.25) is 5.91 Å². The van der Waals surface area contributed by atoms with Crippen LogP contribution in [0.5, 0.6) is 5.75 Å². The molecule has 0 unspecified atom stereocenters. The predicted octanol–water partition coefficient (Wildman–Crippen LogP) is 2.96. The Labute approximate surface area is 110 Å². The number of carbonyl (C=O) groups is 1. The first-order chi connectivity index (χ1) is 8.90. The number of alkyl halides is 4.